The summed E-state index contributed by atoms with van der Waals surface area (Å²) in [5.41, 5.74) is 0. The summed E-state index contributed by atoms with van der Waals surface area (Å²) >= 11 is 0. The molecule has 0 N–H and O–H groups in total. The van der Waals surface area contributed by atoms with Gasteiger partial charge < -0.3 is 14.2 Å². The molecule has 3 heteroatoms. The van der Waals surface area contributed by atoms with Crippen LogP contribution in [0.5, 0.6) is 0 Å². The van der Waals surface area contributed by atoms with Crippen LogP contribution < -0.4 is 0 Å². The summed E-state index contributed by atoms with van der Waals surface area (Å²) < 4.78 is 15.8. The first kappa shape index (κ1) is 12.9. The van der Waals surface area contributed by atoms with Crippen molar-refractivity contribution >= 4 is 0 Å². The predicted octanol–water partition coefficient (Wildman–Crippen LogP) is 2.20. The third-order valence-electron chi connectivity index (χ3n) is 1.67. The largest absolute Gasteiger partial charge is 0.376 e. The lowest BCUT2D eigenvalue weighted by atomic mass is 10.4. The van der Waals surface area contributed by atoms with Crippen LogP contribution in [0.25, 0.3) is 0 Å². The molecule has 0 aliphatic heterocycles. The molecule has 0 spiro atoms. The van der Waals surface area contributed by atoms with E-state index in [4.69, 9.17) is 14.2 Å². The van der Waals surface area contributed by atoms with Crippen LogP contribution in [0, 0.1) is 0 Å². The van der Waals surface area contributed by atoms with Crippen molar-refractivity contribution in [2.45, 2.75) is 39.4 Å². The Hall–Kier alpha value is -0.120. The van der Waals surface area contributed by atoms with E-state index in [2.05, 4.69) is 13.8 Å². The van der Waals surface area contributed by atoms with E-state index in [0.29, 0.717) is 6.61 Å². The lowest BCUT2D eigenvalue weighted by Gasteiger charge is -2.15. The van der Waals surface area contributed by atoms with Crippen LogP contribution in [-0.2, 0) is 14.2 Å². The van der Waals surface area contributed by atoms with Gasteiger partial charge in [0.05, 0.1) is 6.61 Å². The molecule has 0 aliphatic rings. The zero-order valence-corrected chi connectivity index (χ0v) is 9.04. The highest BCUT2D eigenvalue weighted by Gasteiger charge is 2.05. The van der Waals surface area contributed by atoms with Crippen molar-refractivity contribution < 1.29 is 14.2 Å². The van der Waals surface area contributed by atoms with Crippen LogP contribution in [0.3, 0.4) is 0 Å². The Balaban J connectivity index is 3.25. The van der Waals surface area contributed by atoms with Gasteiger partial charge in [-0.1, -0.05) is 20.3 Å². The van der Waals surface area contributed by atoms with E-state index < -0.39 is 0 Å². The summed E-state index contributed by atoms with van der Waals surface area (Å²) in [4.78, 5) is 0. The minimum Gasteiger partial charge on any atom is -0.376 e. The summed E-state index contributed by atoms with van der Waals surface area (Å²) in [5, 5.41) is 0. The first-order chi connectivity index (χ1) is 6.35. The number of unbranched alkanes of at least 4 members (excludes halogenated alkanes) is 1. The fourth-order valence-corrected chi connectivity index (χ4v) is 0.859. The van der Waals surface area contributed by atoms with Gasteiger partial charge in [-0.15, -0.1) is 0 Å². The number of methoxy groups -OCH3 is 1. The van der Waals surface area contributed by atoms with Gasteiger partial charge in [-0.25, -0.2) is 0 Å². The molecular formula is C10H22O3. The molecule has 0 fully saturated rings. The van der Waals surface area contributed by atoms with Gasteiger partial charge in [-0.05, 0) is 12.8 Å². The van der Waals surface area contributed by atoms with E-state index in [1.807, 2.05) is 0 Å². The third-order valence-corrected chi connectivity index (χ3v) is 1.67. The van der Waals surface area contributed by atoms with E-state index in [0.717, 1.165) is 32.5 Å². The first-order valence-corrected chi connectivity index (χ1v) is 5.07. The molecule has 0 saturated carbocycles. The summed E-state index contributed by atoms with van der Waals surface area (Å²) in [6.07, 6.45) is 3.07. The zero-order chi connectivity index (χ0) is 9.94. The Morgan fingerprint density at radius 1 is 1.08 bits per heavy atom. The van der Waals surface area contributed by atoms with E-state index >= 15 is 0 Å². The molecule has 3 nitrogen and oxygen atoms in total. The van der Waals surface area contributed by atoms with E-state index in [-0.39, 0.29) is 6.29 Å². The van der Waals surface area contributed by atoms with Crippen LogP contribution in [0.1, 0.15) is 33.1 Å². The van der Waals surface area contributed by atoms with Crippen LogP contribution >= 0.6 is 0 Å². The average Bonchev–Trinajstić information content (AvgIpc) is 2.17. The van der Waals surface area contributed by atoms with Crippen molar-refractivity contribution in [3.8, 4) is 0 Å². The second-order valence-corrected chi connectivity index (χ2v) is 2.96. The van der Waals surface area contributed by atoms with Crippen LogP contribution in [0.2, 0.25) is 0 Å². The Morgan fingerprint density at radius 3 is 2.38 bits per heavy atom. The van der Waals surface area contributed by atoms with Crippen LogP contribution in [0.4, 0.5) is 0 Å². The normalized spacial score (nSPS) is 13.2. The Bertz CT molecular complexity index is 96.2. The van der Waals surface area contributed by atoms with Gasteiger partial charge in [0.1, 0.15) is 0 Å². The fraction of sp³-hybridized carbons (Fsp3) is 1.00. The number of ether oxygens (including phenoxy) is 3. The lowest BCUT2D eigenvalue weighted by Crippen LogP contribution is -2.22. The van der Waals surface area contributed by atoms with Gasteiger partial charge in [0.15, 0.2) is 6.29 Å². The molecule has 0 heterocycles. The highest BCUT2D eigenvalue weighted by atomic mass is 16.7. The number of hydrogen-bond acceptors (Lipinski definition) is 3. The highest BCUT2D eigenvalue weighted by Crippen LogP contribution is 1.97. The SMILES string of the molecule is CCCCOCC(OC)OCCC. The first-order valence-electron chi connectivity index (χ1n) is 5.07. The second kappa shape index (κ2) is 9.96. The molecular weight excluding hydrogens is 168 g/mol. The molecule has 0 bridgehead atoms. The molecule has 0 radical (unpaired) electrons. The quantitative estimate of drug-likeness (QED) is 0.412. The van der Waals surface area contributed by atoms with Crippen molar-refractivity contribution in [3.05, 3.63) is 0 Å². The average molecular weight is 190 g/mol. The van der Waals surface area contributed by atoms with E-state index in [1.165, 1.54) is 0 Å². The van der Waals surface area contributed by atoms with Gasteiger partial charge in [0.25, 0.3) is 0 Å². The van der Waals surface area contributed by atoms with Crippen molar-refractivity contribution in [1.29, 1.82) is 0 Å². The minimum absolute atomic E-state index is 0.197. The molecule has 0 saturated heterocycles. The number of rotatable bonds is 9. The Kier molecular flexibility index (Phi) is 9.87. The molecule has 0 aromatic carbocycles. The molecule has 13 heavy (non-hydrogen) atoms. The molecule has 0 rings (SSSR count). The Labute approximate surface area is 81.4 Å². The van der Waals surface area contributed by atoms with Crippen molar-refractivity contribution in [2.24, 2.45) is 0 Å². The van der Waals surface area contributed by atoms with E-state index in [9.17, 15) is 0 Å². The zero-order valence-electron chi connectivity index (χ0n) is 9.04. The van der Waals surface area contributed by atoms with Gasteiger partial charge in [0, 0.05) is 20.3 Å². The molecule has 1 unspecified atom stereocenters. The summed E-state index contributed by atoms with van der Waals surface area (Å²) in [7, 11) is 1.64. The van der Waals surface area contributed by atoms with Crippen molar-refractivity contribution in [3.63, 3.8) is 0 Å². The molecule has 0 amide bonds. The lowest BCUT2D eigenvalue weighted by molar-refractivity contribution is -0.157. The van der Waals surface area contributed by atoms with Crippen molar-refractivity contribution in [1.82, 2.24) is 0 Å². The van der Waals surface area contributed by atoms with Gasteiger partial charge >= 0.3 is 0 Å². The maximum absolute atomic E-state index is 5.37. The fourth-order valence-electron chi connectivity index (χ4n) is 0.859. The highest BCUT2D eigenvalue weighted by molar-refractivity contribution is 4.41. The van der Waals surface area contributed by atoms with Gasteiger partial charge in [-0.3, -0.25) is 0 Å². The standard InChI is InChI=1S/C10H22O3/c1-4-6-8-12-9-10(11-3)13-7-5-2/h10H,4-9H2,1-3H3. The van der Waals surface area contributed by atoms with Crippen LogP contribution in [0.15, 0.2) is 0 Å². The summed E-state index contributed by atoms with van der Waals surface area (Å²) in [5.74, 6) is 0. The van der Waals surface area contributed by atoms with Gasteiger partial charge in [-0.2, -0.15) is 0 Å². The molecule has 1 atom stereocenters. The van der Waals surface area contributed by atoms with Crippen molar-refractivity contribution in [2.75, 3.05) is 26.9 Å². The maximum atomic E-state index is 5.37. The van der Waals surface area contributed by atoms with Gasteiger partial charge in [0.2, 0.25) is 0 Å². The second-order valence-electron chi connectivity index (χ2n) is 2.96. The predicted molar refractivity (Wildman–Crippen MR) is 52.8 cm³/mol. The summed E-state index contributed by atoms with van der Waals surface area (Å²) in [6, 6.07) is 0. The van der Waals surface area contributed by atoms with E-state index in [1.54, 1.807) is 7.11 Å². The topological polar surface area (TPSA) is 27.7 Å². The monoisotopic (exact) mass is 190 g/mol. The molecule has 0 aromatic rings. The third kappa shape index (κ3) is 8.22. The summed E-state index contributed by atoms with van der Waals surface area (Å²) in [6.45, 7) is 6.29. The molecule has 0 aromatic heterocycles. The smallest absolute Gasteiger partial charge is 0.180 e. The molecule has 0 aliphatic carbocycles. The Morgan fingerprint density at radius 2 is 1.85 bits per heavy atom. The minimum atomic E-state index is -0.197. The number of hydrogen-bond donors (Lipinski definition) is 0. The van der Waals surface area contributed by atoms with Crippen LogP contribution in [-0.4, -0.2) is 33.2 Å². The molecule has 80 valence electrons. The maximum Gasteiger partial charge on any atom is 0.180 e.